The van der Waals surface area contributed by atoms with Gasteiger partial charge in [-0.15, -0.1) is 0 Å². The van der Waals surface area contributed by atoms with Gasteiger partial charge in [-0.1, -0.05) is 24.3 Å². The van der Waals surface area contributed by atoms with Crippen LogP contribution in [-0.4, -0.2) is 45.7 Å². The van der Waals surface area contributed by atoms with E-state index in [0.717, 1.165) is 47.2 Å². The number of carbonyl (C=O) groups excluding carboxylic acids is 1. The number of ether oxygens (including phenoxy) is 1. The summed E-state index contributed by atoms with van der Waals surface area (Å²) in [5.41, 5.74) is 6.73. The highest BCUT2D eigenvalue weighted by atomic mass is 16.5. The normalized spacial score (nSPS) is 22.4. The number of carbonyl (C=O) groups is 1. The summed E-state index contributed by atoms with van der Waals surface area (Å²) in [6.07, 6.45) is 6.55. The number of benzene rings is 1. The molecule has 1 saturated heterocycles. The summed E-state index contributed by atoms with van der Waals surface area (Å²) in [4.78, 5) is 19.9. The van der Waals surface area contributed by atoms with Gasteiger partial charge in [0.1, 0.15) is 11.7 Å². The van der Waals surface area contributed by atoms with Gasteiger partial charge in [-0.05, 0) is 75.8 Å². The van der Waals surface area contributed by atoms with E-state index in [-0.39, 0.29) is 24.2 Å². The van der Waals surface area contributed by atoms with Crippen LogP contribution in [0.3, 0.4) is 0 Å². The molecule has 5 rings (SSSR count). The van der Waals surface area contributed by atoms with E-state index in [1.54, 1.807) is 6.08 Å². The van der Waals surface area contributed by atoms with Crippen molar-refractivity contribution in [2.45, 2.75) is 65.2 Å². The van der Waals surface area contributed by atoms with Gasteiger partial charge >= 0.3 is 0 Å². The first-order chi connectivity index (χ1) is 16.9. The van der Waals surface area contributed by atoms with Gasteiger partial charge in [0.2, 0.25) is 5.91 Å². The zero-order chi connectivity index (χ0) is 24.7. The van der Waals surface area contributed by atoms with Crippen LogP contribution in [0.2, 0.25) is 0 Å². The van der Waals surface area contributed by atoms with Gasteiger partial charge < -0.3 is 14.2 Å². The van der Waals surface area contributed by atoms with Crippen molar-refractivity contribution in [1.82, 2.24) is 14.5 Å². The second-order valence-electron chi connectivity index (χ2n) is 9.96. The van der Waals surface area contributed by atoms with Crippen LogP contribution in [0.1, 0.15) is 66.4 Å². The van der Waals surface area contributed by atoms with Crippen molar-refractivity contribution >= 4 is 23.0 Å². The molecule has 6 nitrogen and oxygen atoms in total. The average molecular weight is 469 g/mol. The molecule has 1 amide bonds. The molecule has 0 bridgehead atoms. The first kappa shape index (κ1) is 23.3. The third-order valence-electron chi connectivity index (χ3n) is 7.20. The largest absolute Gasteiger partial charge is 0.372 e. The monoisotopic (exact) mass is 468 g/mol. The van der Waals surface area contributed by atoms with Crippen molar-refractivity contribution in [1.29, 1.82) is 5.26 Å². The fourth-order valence-corrected chi connectivity index (χ4v) is 5.87. The second-order valence-corrected chi connectivity index (χ2v) is 9.96. The topological polar surface area (TPSA) is 71.2 Å². The number of aryl methyl sites for hydroxylation is 3. The molecule has 1 aliphatic carbocycles. The molecule has 2 aliphatic rings. The van der Waals surface area contributed by atoms with Gasteiger partial charge in [-0.25, -0.2) is 4.98 Å². The summed E-state index contributed by atoms with van der Waals surface area (Å²) in [6.45, 7) is 9.14. The van der Waals surface area contributed by atoms with Gasteiger partial charge in [-0.3, -0.25) is 4.79 Å². The number of aromatic nitrogens is 2. The maximum atomic E-state index is 13.2. The van der Waals surface area contributed by atoms with Crippen molar-refractivity contribution < 1.29 is 9.53 Å². The summed E-state index contributed by atoms with van der Waals surface area (Å²) < 4.78 is 8.00. The number of nitrogens with zero attached hydrogens (tertiary/aromatic N) is 4. The molecule has 0 spiro atoms. The molecule has 35 heavy (non-hydrogen) atoms. The van der Waals surface area contributed by atoms with Crippen LogP contribution in [0, 0.1) is 25.2 Å². The van der Waals surface area contributed by atoms with Crippen molar-refractivity contribution in [2.75, 3.05) is 13.1 Å². The smallest absolute Gasteiger partial charge is 0.246 e. The Hall–Kier alpha value is -3.43. The molecule has 1 aromatic carbocycles. The molecule has 180 valence electrons. The van der Waals surface area contributed by atoms with Crippen LogP contribution in [0.5, 0.6) is 0 Å². The molecule has 2 aromatic heterocycles. The minimum atomic E-state index is -0.0578. The molecule has 0 saturated carbocycles. The molecular formula is C29H32N4O2. The zero-order valence-corrected chi connectivity index (χ0v) is 20.9. The number of hydrogen-bond donors (Lipinski definition) is 0. The summed E-state index contributed by atoms with van der Waals surface area (Å²) in [5, 5.41) is 11.1. The quantitative estimate of drug-likeness (QED) is 0.502. The molecule has 3 heterocycles. The Morgan fingerprint density at radius 3 is 2.69 bits per heavy atom. The Bertz CT molecular complexity index is 1350. The van der Waals surface area contributed by atoms with Crippen LogP contribution in [0.4, 0.5) is 0 Å². The van der Waals surface area contributed by atoms with Crippen molar-refractivity contribution in [3.63, 3.8) is 0 Å². The second kappa shape index (κ2) is 9.31. The molecule has 1 fully saturated rings. The van der Waals surface area contributed by atoms with Crippen LogP contribution in [0.15, 0.2) is 36.4 Å². The Balaban J connectivity index is 1.66. The first-order valence-corrected chi connectivity index (χ1v) is 12.5. The van der Waals surface area contributed by atoms with Gasteiger partial charge in [0.15, 0.2) is 0 Å². The molecule has 3 aromatic rings. The molecule has 3 atom stereocenters. The maximum Gasteiger partial charge on any atom is 0.246 e. The minimum absolute atomic E-state index is 0.00536. The molecule has 3 unspecified atom stereocenters. The predicted octanol–water partition coefficient (Wildman–Crippen LogP) is 5.10. The van der Waals surface area contributed by atoms with Gasteiger partial charge in [0.05, 0.1) is 29.5 Å². The molecule has 0 N–H and O–H groups in total. The zero-order valence-electron chi connectivity index (χ0n) is 20.9. The Kier molecular flexibility index (Phi) is 6.21. The molecule has 0 radical (unpaired) electrons. The van der Waals surface area contributed by atoms with Crippen molar-refractivity contribution in [2.24, 2.45) is 0 Å². The number of amides is 1. The predicted molar refractivity (Wildman–Crippen MR) is 137 cm³/mol. The lowest BCUT2D eigenvalue weighted by Gasteiger charge is -2.34. The lowest BCUT2D eigenvalue weighted by molar-refractivity contribution is -0.137. The average Bonchev–Trinajstić information content (AvgIpc) is 3.14. The molecule has 1 aliphatic heterocycles. The maximum absolute atomic E-state index is 13.2. The van der Waals surface area contributed by atoms with E-state index in [0.29, 0.717) is 18.7 Å². The summed E-state index contributed by atoms with van der Waals surface area (Å²) >= 11 is 0. The van der Waals surface area contributed by atoms with E-state index >= 15 is 0 Å². The van der Waals surface area contributed by atoms with Gasteiger partial charge in [-0.2, -0.15) is 5.26 Å². The number of hydrogen-bond acceptors (Lipinski definition) is 4. The van der Waals surface area contributed by atoms with Crippen LogP contribution in [0.25, 0.3) is 17.1 Å². The van der Waals surface area contributed by atoms with E-state index in [1.807, 2.05) is 44.7 Å². The van der Waals surface area contributed by atoms with Crippen molar-refractivity contribution in [3.05, 3.63) is 70.0 Å². The molecule has 6 heteroatoms. The number of nitriles is 1. The number of fused-ring (bicyclic) bond motifs is 2. The standard InChI is InChI=1S/C29H32N4O2/c1-18-14-19(2)31-29-28(18)24(15-30)26(12-13-27(34)32-16-20(3)35-21(4)17-32)33(29)25-11-7-9-22-8-5-6-10-23(22)25/h5-6,8,10,12-14,20-21,25H,7,9,11,16-17H2,1-4H3/b13-12+. The SMILES string of the molecule is Cc1cc(C)c2c(C#N)c(/C=C/C(=O)N3CC(C)OC(C)C3)n(C3CCCc4ccccc43)c2n1. The fourth-order valence-electron chi connectivity index (χ4n) is 5.87. The summed E-state index contributed by atoms with van der Waals surface area (Å²) in [6, 6.07) is 13.1. The fraction of sp³-hybridized carbons (Fsp3) is 0.414. The summed E-state index contributed by atoms with van der Waals surface area (Å²) in [5.74, 6) is -0.0578. The van der Waals surface area contributed by atoms with E-state index in [1.165, 1.54) is 11.1 Å². The summed E-state index contributed by atoms with van der Waals surface area (Å²) in [7, 11) is 0. The van der Waals surface area contributed by atoms with Crippen molar-refractivity contribution in [3.8, 4) is 6.07 Å². The van der Waals surface area contributed by atoms with E-state index in [9.17, 15) is 10.1 Å². The lowest BCUT2D eigenvalue weighted by atomic mass is 9.87. The van der Waals surface area contributed by atoms with Gasteiger partial charge in [0.25, 0.3) is 0 Å². The van der Waals surface area contributed by atoms with E-state index in [2.05, 4.69) is 34.9 Å². The lowest BCUT2D eigenvalue weighted by Crippen LogP contribution is -2.47. The Morgan fingerprint density at radius 2 is 1.94 bits per heavy atom. The van der Waals surface area contributed by atoms with Crippen LogP contribution < -0.4 is 0 Å². The third kappa shape index (κ3) is 4.26. The Labute approximate surface area is 206 Å². The van der Waals surface area contributed by atoms with Crippen LogP contribution in [-0.2, 0) is 16.0 Å². The highest BCUT2D eigenvalue weighted by molar-refractivity contribution is 5.96. The highest BCUT2D eigenvalue weighted by Crippen LogP contribution is 2.39. The van der Waals surface area contributed by atoms with E-state index < -0.39 is 0 Å². The number of pyridine rings is 1. The first-order valence-electron chi connectivity index (χ1n) is 12.5. The minimum Gasteiger partial charge on any atom is -0.372 e. The number of rotatable bonds is 3. The molecular weight excluding hydrogens is 436 g/mol. The van der Waals surface area contributed by atoms with Crippen LogP contribution >= 0.6 is 0 Å². The highest BCUT2D eigenvalue weighted by Gasteiger charge is 2.29. The Morgan fingerprint density at radius 1 is 1.20 bits per heavy atom. The van der Waals surface area contributed by atoms with Gasteiger partial charge in [0, 0.05) is 30.2 Å². The number of morpholine rings is 1. The van der Waals surface area contributed by atoms with E-state index in [4.69, 9.17) is 9.72 Å². The third-order valence-corrected chi connectivity index (χ3v) is 7.20.